The van der Waals surface area contributed by atoms with E-state index in [2.05, 4.69) is 17.2 Å². The van der Waals surface area contributed by atoms with Crippen molar-refractivity contribution < 1.29 is 19.8 Å². The predicted octanol–water partition coefficient (Wildman–Crippen LogP) is 0.659. The Morgan fingerprint density at radius 2 is 2.05 bits per heavy atom. The molecule has 0 aromatic heterocycles. The molecule has 4 N–H and O–H groups in total. The van der Waals surface area contributed by atoms with Gasteiger partial charge < -0.3 is 15.5 Å². The zero-order chi connectivity index (χ0) is 16.2. The molecule has 1 unspecified atom stereocenters. The molecule has 0 spiro atoms. The maximum atomic E-state index is 11.5. The quantitative estimate of drug-likeness (QED) is 0.518. The van der Waals surface area contributed by atoms with E-state index in [0.717, 1.165) is 0 Å². The van der Waals surface area contributed by atoms with Crippen molar-refractivity contribution in [3.05, 3.63) is 12.7 Å². The first kappa shape index (κ1) is 17.7. The molecular formula is C15H26N2O4. The van der Waals surface area contributed by atoms with Crippen molar-refractivity contribution in [2.45, 2.75) is 63.8 Å². The Morgan fingerprint density at radius 1 is 1.48 bits per heavy atom. The largest absolute Gasteiger partial charge is 0.480 e. The first-order valence-electron chi connectivity index (χ1n) is 7.39. The molecule has 1 heterocycles. The van der Waals surface area contributed by atoms with Gasteiger partial charge in [0.1, 0.15) is 6.04 Å². The van der Waals surface area contributed by atoms with Crippen LogP contribution in [0.4, 0.5) is 0 Å². The Labute approximate surface area is 125 Å². The number of aliphatic hydroxyl groups is 1. The van der Waals surface area contributed by atoms with Gasteiger partial charge in [0.05, 0.1) is 11.6 Å². The predicted molar refractivity (Wildman–Crippen MR) is 79.8 cm³/mol. The molecular weight excluding hydrogens is 272 g/mol. The Hall–Kier alpha value is -1.40. The molecule has 1 fully saturated rings. The SMILES string of the molecule is C=C[C@@H]1C[C@H](C(=O)O)NC1[C@@H](NC(C)=O)C(O)(CC)CC. The van der Waals surface area contributed by atoms with Crippen LogP contribution in [-0.2, 0) is 9.59 Å². The average molecular weight is 298 g/mol. The van der Waals surface area contributed by atoms with E-state index in [-0.39, 0.29) is 17.9 Å². The van der Waals surface area contributed by atoms with Gasteiger partial charge in [0.2, 0.25) is 5.91 Å². The molecule has 1 aliphatic heterocycles. The first-order valence-corrected chi connectivity index (χ1v) is 7.39. The molecule has 0 aromatic rings. The highest BCUT2D eigenvalue weighted by Gasteiger charge is 2.47. The third-order valence-electron chi connectivity index (χ3n) is 4.48. The molecule has 6 heteroatoms. The van der Waals surface area contributed by atoms with E-state index in [9.17, 15) is 19.8 Å². The minimum atomic E-state index is -1.09. The highest BCUT2D eigenvalue weighted by molar-refractivity contribution is 5.75. The van der Waals surface area contributed by atoms with E-state index in [0.29, 0.717) is 19.3 Å². The van der Waals surface area contributed by atoms with Gasteiger partial charge in [-0.15, -0.1) is 6.58 Å². The van der Waals surface area contributed by atoms with Crippen LogP contribution in [0.15, 0.2) is 12.7 Å². The Kier molecular flexibility index (Phi) is 5.92. The van der Waals surface area contributed by atoms with Gasteiger partial charge in [-0.1, -0.05) is 19.9 Å². The standard InChI is InChI=1S/C15H26N2O4/c1-5-10-8-11(14(19)20)17-12(10)13(16-9(4)18)15(21,6-2)7-3/h5,10-13,17,21H,1,6-8H2,2-4H3,(H,16,18)(H,19,20)/t10-,11-,12?,13-/m1/s1. The van der Waals surface area contributed by atoms with E-state index in [1.807, 2.05) is 13.8 Å². The zero-order valence-corrected chi connectivity index (χ0v) is 12.9. The summed E-state index contributed by atoms with van der Waals surface area (Å²) in [4.78, 5) is 22.7. The van der Waals surface area contributed by atoms with Crippen molar-refractivity contribution in [3.8, 4) is 0 Å². The number of carboxylic acids is 1. The van der Waals surface area contributed by atoms with E-state index < -0.39 is 23.7 Å². The van der Waals surface area contributed by atoms with E-state index in [1.54, 1.807) is 6.08 Å². The summed E-state index contributed by atoms with van der Waals surface area (Å²) < 4.78 is 0. The molecule has 4 atom stereocenters. The van der Waals surface area contributed by atoms with E-state index in [1.165, 1.54) is 6.92 Å². The number of aliphatic carboxylic acids is 1. The first-order chi connectivity index (χ1) is 9.78. The van der Waals surface area contributed by atoms with Crippen LogP contribution < -0.4 is 10.6 Å². The highest BCUT2D eigenvalue weighted by Crippen LogP contribution is 2.31. The normalized spacial score (nSPS) is 27.1. The fourth-order valence-electron chi connectivity index (χ4n) is 3.07. The number of amides is 1. The Balaban J connectivity index is 3.09. The summed E-state index contributed by atoms with van der Waals surface area (Å²) >= 11 is 0. The van der Waals surface area contributed by atoms with Gasteiger partial charge in [0, 0.05) is 13.0 Å². The second-order valence-electron chi connectivity index (χ2n) is 5.71. The molecule has 1 aliphatic rings. The van der Waals surface area contributed by atoms with Gasteiger partial charge in [0.15, 0.2) is 0 Å². The summed E-state index contributed by atoms with van der Waals surface area (Å²) in [6.07, 6.45) is 3.03. The molecule has 1 rings (SSSR count). The smallest absolute Gasteiger partial charge is 0.320 e. The Morgan fingerprint density at radius 3 is 2.43 bits per heavy atom. The number of carbonyl (C=O) groups excluding carboxylic acids is 1. The van der Waals surface area contributed by atoms with Crippen molar-refractivity contribution in [1.82, 2.24) is 10.6 Å². The van der Waals surface area contributed by atoms with Crippen LogP contribution in [0, 0.1) is 5.92 Å². The van der Waals surface area contributed by atoms with Crippen LogP contribution in [0.1, 0.15) is 40.0 Å². The maximum Gasteiger partial charge on any atom is 0.320 e. The van der Waals surface area contributed by atoms with Gasteiger partial charge in [-0.05, 0) is 25.2 Å². The minimum Gasteiger partial charge on any atom is -0.480 e. The van der Waals surface area contributed by atoms with Crippen molar-refractivity contribution in [3.63, 3.8) is 0 Å². The molecule has 0 aliphatic carbocycles. The van der Waals surface area contributed by atoms with Crippen LogP contribution in [0.25, 0.3) is 0 Å². The monoisotopic (exact) mass is 298 g/mol. The van der Waals surface area contributed by atoms with E-state index in [4.69, 9.17) is 0 Å². The molecule has 21 heavy (non-hydrogen) atoms. The van der Waals surface area contributed by atoms with Gasteiger partial charge >= 0.3 is 5.97 Å². The Bertz CT molecular complexity index is 406. The molecule has 1 amide bonds. The van der Waals surface area contributed by atoms with Crippen LogP contribution in [0.3, 0.4) is 0 Å². The topological polar surface area (TPSA) is 98.7 Å². The second kappa shape index (κ2) is 7.04. The lowest BCUT2D eigenvalue weighted by molar-refractivity contribution is -0.139. The zero-order valence-electron chi connectivity index (χ0n) is 12.9. The van der Waals surface area contributed by atoms with Crippen molar-refractivity contribution in [2.75, 3.05) is 0 Å². The van der Waals surface area contributed by atoms with Crippen LogP contribution >= 0.6 is 0 Å². The van der Waals surface area contributed by atoms with Gasteiger partial charge in [-0.25, -0.2) is 0 Å². The highest BCUT2D eigenvalue weighted by atomic mass is 16.4. The van der Waals surface area contributed by atoms with Gasteiger partial charge in [-0.2, -0.15) is 0 Å². The summed E-state index contributed by atoms with van der Waals surface area (Å²) in [6, 6.07) is -1.60. The van der Waals surface area contributed by atoms with Gasteiger partial charge in [-0.3, -0.25) is 14.9 Å². The fourth-order valence-corrected chi connectivity index (χ4v) is 3.07. The molecule has 0 aromatic carbocycles. The summed E-state index contributed by atoms with van der Waals surface area (Å²) in [7, 11) is 0. The molecule has 0 bridgehead atoms. The molecule has 1 saturated heterocycles. The van der Waals surface area contributed by atoms with Crippen molar-refractivity contribution in [1.29, 1.82) is 0 Å². The number of nitrogens with one attached hydrogen (secondary N) is 2. The third kappa shape index (κ3) is 3.83. The number of rotatable bonds is 7. The second-order valence-corrected chi connectivity index (χ2v) is 5.71. The molecule has 120 valence electrons. The number of hydrogen-bond donors (Lipinski definition) is 4. The number of carbonyl (C=O) groups is 2. The van der Waals surface area contributed by atoms with Crippen molar-refractivity contribution >= 4 is 11.9 Å². The molecule has 6 nitrogen and oxygen atoms in total. The number of carboxylic acid groups (broad SMARTS) is 1. The lowest BCUT2D eigenvalue weighted by atomic mass is 9.80. The summed E-state index contributed by atoms with van der Waals surface area (Å²) in [5, 5.41) is 25.8. The molecule has 0 radical (unpaired) electrons. The summed E-state index contributed by atoms with van der Waals surface area (Å²) in [6.45, 7) is 8.85. The average Bonchev–Trinajstić information content (AvgIpc) is 2.87. The van der Waals surface area contributed by atoms with Gasteiger partial charge in [0.25, 0.3) is 0 Å². The lowest BCUT2D eigenvalue weighted by Crippen LogP contribution is -2.62. The van der Waals surface area contributed by atoms with Crippen molar-refractivity contribution in [2.24, 2.45) is 5.92 Å². The molecule has 0 saturated carbocycles. The van der Waals surface area contributed by atoms with E-state index >= 15 is 0 Å². The van der Waals surface area contributed by atoms with Crippen LogP contribution in [-0.4, -0.2) is 45.8 Å². The third-order valence-corrected chi connectivity index (χ3v) is 4.48. The summed E-state index contributed by atoms with van der Waals surface area (Å²) in [5.41, 5.74) is -1.09. The minimum absolute atomic E-state index is 0.118. The summed E-state index contributed by atoms with van der Waals surface area (Å²) in [5.74, 6) is -1.29. The number of hydrogen-bond acceptors (Lipinski definition) is 4. The lowest BCUT2D eigenvalue weighted by Gasteiger charge is -2.40. The van der Waals surface area contributed by atoms with Crippen LogP contribution in [0.2, 0.25) is 0 Å². The fraction of sp³-hybridized carbons (Fsp3) is 0.733. The van der Waals surface area contributed by atoms with Crippen LogP contribution in [0.5, 0.6) is 0 Å². The maximum absolute atomic E-state index is 11.5.